The Hall–Kier alpha value is -4.32. The molecule has 10 nitrogen and oxygen atoms in total. The Kier molecular flexibility index (Phi) is 9.28. The molecule has 2 aliphatic heterocycles. The summed E-state index contributed by atoms with van der Waals surface area (Å²) < 4.78 is 41.2. The van der Waals surface area contributed by atoms with Gasteiger partial charge in [0.15, 0.2) is 11.6 Å². The monoisotopic (exact) mass is 610 g/mol. The summed E-state index contributed by atoms with van der Waals surface area (Å²) in [5.41, 5.74) is -0.0228. The number of piperidine rings is 1. The largest absolute Gasteiger partial charge is 0.497 e. The van der Waals surface area contributed by atoms with Crippen molar-refractivity contribution in [2.24, 2.45) is 0 Å². The summed E-state index contributed by atoms with van der Waals surface area (Å²) in [6.07, 6.45) is 3.30. The summed E-state index contributed by atoms with van der Waals surface area (Å²) in [5, 5.41) is 0. The summed E-state index contributed by atoms with van der Waals surface area (Å²) >= 11 is 0. The molecule has 1 aromatic heterocycles. The number of likely N-dealkylation sites (tertiary alicyclic amines) is 1. The number of benzene rings is 2. The number of hydrogen-bond acceptors (Lipinski definition) is 6. The Labute approximate surface area is 253 Å². The van der Waals surface area contributed by atoms with Crippen molar-refractivity contribution < 1.29 is 27.8 Å². The predicted molar refractivity (Wildman–Crippen MR) is 159 cm³/mol. The minimum Gasteiger partial charge on any atom is -0.497 e. The van der Waals surface area contributed by atoms with Gasteiger partial charge >= 0.3 is 5.69 Å². The fraction of sp³-hybridized carbons (Fsp3) is 0.438. The average molecular weight is 611 g/mol. The molecule has 234 valence electrons. The molecule has 1 fully saturated rings. The van der Waals surface area contributed by atoms with Gasteiger partial charge in [-0.1, -0.05) is 18.2 Å². The minimum atomic E-state index is -1.22. The van der Waals surface area contributed by atoms with Gasteiger partial charge in [-0.05, 0) is 55.5 Å². The number of fused-ring (bicyclic) bond motifs is 1. The van der Waals surface area contributed by atoms with E-state index >= 15 is 0 Å². The SMILES string of the molecule is COC[C@@H](C)n1c(=O)c(-c2cccc(F)c2F)cn(CC(=O)N2CCC(N3CCc4cc(OC)ccc4CC3=O)CC2)c1=O. The van der Waals surface area contributed by atoms with Crippen LogP contribution in [0.25, 0.3) is 11.1 Å². The highest BCUT2D eigenvalue weighted by Crippen LogP contribution is 2.26. The van der Waals surface area contributed by atoms with Crippen LogP contribution < -0.4 is 16.0 Å². The van der Waals surface area contributed by atoms with Gasteiger partial charge in [0.2, 0.25) is 11.8 Å². The number of rotatable bonds is 8. The molecule has 0 spiro atoms. The van der Waals surface area contributed by atoms with Gasteiger partial charge in [-0.3, -0.25) is 23.5 Å². The Morgan fingerprint density at radius 1 is 1.00 bits per heavy atom. The Morgan fingerprint density at radius 2 is 1.75 bits per heavy atom. The van der Waals surface area contributed by atoms with E-state index in [2.05, 4.69) is 0 Å². The lowest BCUT2D eigenvalue weighted by Crippen LogP contribution is -2.50. The number of carbonyl (C=O) groups is 2. The van der Waals surface area contributed by atoms with Crippen LogP contribution in [-0.4, -0.2) is 77.3 Å². The summed E-state index contributed by atoms with van der Waals surface area (Å²) in [6, 6.07) is 8.47. The lowest BCUT2D eigenvalue weighted by atomic mass is 10.0. The van der Waals surface area contributed by atoms with Crippen LogP contribution in [0, 0.1) is 11.6 Å². The molecule has 12 heteroatoms. The van der Waals surface area contributed by atoms with E-state index in [0.29, 0.717) is 45.3 Å². The Balaban J connectivity index is 1.32. The molecule has 3 aromatic rings. The first kappa shape index (κ1) is 31.1. The van der Waals surface area contributed by atoms with Crippen LogP contribution in [0.5, 0.6) is 5.75 Å². The van der Waals surface area contributed by atoms with Crippen molar-refractivity contribution in [2.45, 2.75) is 51.2 Å². The van der Waals surface area contributed by atoms with Gasteiger partial charge in [-0.15, -0.1) is 0 Å². The van der Waals surface area contributed by atoms with E-state index in [0.717, 1.165) is 38.3 Å². The second-order valence-corrected chi connectivity index (χ2v) is 11.3. The molecule has 1 saturated heterocycles. The van der Waals surface area contributed by atoms with Crippen LogP contribution in [-0.2, 0) is 33.7 Å². The van der Waals surface area contributed by atoms with Gasteiger partial charge in [0, 0.05) is 44.5 Å². The maximum atomic E-state index is 14.7. The Bertz CT molecular complexity index is 1680. The predicted octanol–water partition coefficient (Wildman–Crippen LogP) is 2.79. The van der Waals surface area contributed by atoms with E-state index < -0.39 is 35.5 Å². The molecule has 0 aliphatic carbocycles. The normalized spacial score (nSPS) is 16.4. The van der Waals surface area contributed by atoms with E-state index in [1.807, 2.05) is 23.1 Å². The molecular formula is C32H36F2N4O6. The van der Waals surface area contributed by atoms with Crippen molar-refractivity contribution >= 4 is 11.8 Å². The molecule has 0 unspecified atom stereocenters. The third-order valence-electron chi connectivity index (χ3n) is 8.54. The van der Waals surface area contributed by atoms with Crippen LogP contribution in [0.4, 0.5) is 8.78 Å². The molecule has 1 atom stereocenters. The third kappa shape index (κ3) is 6.17. The molecule has 0 radical (unpaired) electrons. The molecular weight excluding hydrogens is 574 g/mol. The number of halogens is 2. The van der Waals surface area contributed by atoms with Crippen molar-refractivity contribution in [3.05, 3.63) is 86.2 Å². The van der Waals surface area contributed by atoms with Crippen molar-refractivity contribution in [3.8, 4) is 16.9 Å². The van der Waals surface area contributed by atoms with Crippen LogP contribution >= 0.6 is 0 Å². The van der Waals surface area contributed by atoms with Crippen molar-refractivity contribution in [2.75, 3.05) is 40.5 Å². The summed E-state index contributed by atoms with van der Waals surface area (Å²) in [4.78, 5) is 56.8. The summed E-state index contributed by atoms with van der Waals surface area (Å²) in [6.45, 7) is 2.55. The maximum Gasteiger partial charge on any atom is 0.331 e. The molecule has 5 rings (SSSR count). The minimum absolute atomic E-state index is 0.0134. The quantitative estimate of drug-likeness (QED) is 0.389. The molecule has 2 aromatic carbocycles. The smallest absolute Gasteiger partial charge is 0.331 e. The summed E-state index contributed by atoms with van der Waals surface area (Å²) in [7, 11) is 3.03. The lowest BCUT2D eigenvalue weighted by molar-refractivity contribution is -0.136. The van der Waals surface area contributed by atoms with Gasteiger partial charge < -0.3 is 19.3 Å². The Morgan fingerprint density at radius 3 is 2.45 bits per heavy atom. The second kappa shape index (κ2) is 13.1. The number of aromatic nitrogens is 2. The van der Waals surface area contributed by atoms with Crippen LogP contribution in [0.1, 0.15) is 36.9 Å². The van der Waals surface area contributed by atoms with Crippen LogP contribution in [0.15, 0.2) is 52.2 Å². The first-order valence-corrected chi connectivity index (χ1v) is 14.6. The van der Waals surface area contributed by atoms with Crippen LogP contribution in [0.3, 0.4) is 0 Å². The maximum absolute atomic E-state index is 14.7. The molecule has 44 heavy (non-hydrogen) atoms. The van der Waals surface area contributed by atoms with Gasteiger partial charge in [0.1, 0.15) is 12.3 Å². The highest BCUT2D eigenvalue weighted by molar-refractivity contribution is 5.80. The van der Waals surface area contributed by atoms with E-state index in [1.54, 1.807) is 18.9 Å². The van der Waals surface area contributed by atoms with Crippen LogP contribution in [0.2, 0.25) is 0 Å². The van der Waals surface area contributed by atoms with E-state index in [-0.39, 0.29) is 35.6 Å². The molecule has 0 bridgehead atoms. The fourth-order valence-corrected chi connectivity index (χ4v) is 6.16. The molecule has 0 N–H and O–H groups in total. The zero-order valence-corrected chi connectivity index (χ0v) is 25.1. The van der Waals surface area contributed by atoms with Crippen molar-refractivity contribution in [1.82, 2.24) is 18.9 Å². The van der Waals surface area contributed by atoms with E-state index in [4.69, 9.17) is 9.47 Å². The highest BCUT2D eigenvalue weighted by Gasteiger charge is 2.32. The molecule has 3 heterocycles. The number of carbonyl (C=O) groups excluding carboxylic acids is 2. The number of nitrogens with zero attached hydrogens (tertiary/aromatic N) is 4. The first-order chi connectivity index (χ1) is 21.1. The van der Waals surface area contributed by atoms with Gasteiger partial charge in [0.05, 0.1) is 31.7 Å². The van der Waals surface area contributed by atoms with Crippen molar-refractivity contribution in [3.63, 3.8) is 0 Å². The van der Waals surface area contributed by atoms with Crippen molar-refractivity contribution in [1.29, 1.82) is 0 Å². The number of amides is 2. The van der Waals surface area contributed by atoms with Gasteiger partial charge in [-0.25, -0.2) is 13.6 Å². The molecule has 2 aliphatic rings. The molecule has 0 saturated carbocycles. The number of ether oxygens (including phenoxy) is 2. The fourth-order valence-electron chi connectivity index (χ4n) is 6.16. The first-order valence-electron chi connectivity index (χ1n) is 14.6. The van der Waals surface area contributed by atoms with E-state index in [9.17, 15) is 28.0 Å². The molecule has 2 amide bonds. The van der Waals surface area contributed by atoms with Gasteiger partial charge in [0.25, 0.3) is 5.56 Å². The number of methoxy groups -OCH3 is 2. The van der Waals surface area contributed by atoms with Gasteiger partial charge in [-0.2, -0.15) is 0 Å². The third-order valence-corrected chi connectivity index (χ3v) is 8.54. The average Bonchev–Trinajstić information content (AvgIpc) is 3.17. The number of hydrogen-bond donors (Lipinski definition) is 0. The topological polar surface area (TPSA) is 103 Å². The second-order valence-electron chi connectivity index (χ2n) is 11.3. The standard InChI is InChI=1S/C32H36F2N4O6/c1-20(19-43-2)38-31(41)26(25-5-4-6-27(33)30(25)34)17-36(32(38)42)18-29(40)35-12-10-23(11-13-35)37-14-9-22-15-24(44-3)8-7-21(22)16-28(37)39/h4-8,15,17,20,23H,9-14,16,18-19H2,1-3H3/t20-/m1/s1. The zero-order chi connectivity index (χ0) is 31.5. The highest BCUT2D eigenvalue weighted by atomic mass is 19.2. The summed E-state index contributed by atoms with van der Waals surface area (Å²) in [5.74, 6) is -1.91. The lowest BCUT2D eigenvalue weighted by Gasteiger charge is -2.38. The van der Waals surface area contributed by atoms with E-state index in [1.165, 1.54) is 19.2 Å². The zero-order valence-electron chi connectivity index (χ0n) is 25.1.